The maximum absolute atomic E-state index is 12.7. The number of fused-ring (bicyclic) bond motifs is 1. The third kappa shape index (κ3) is 1.49. The van der Waals surface area contributed by atoms with Crippen molar-refractivity contribution in [2.45, 2.75) is 4.90 Å². The van der Waals surface area contributed by atoms with Crippen LogP contribution in [0.1, 0.15) is 0 Å². The SMILES string of the molecule is O=S(=O)(F)c1c[nH]c2ccc(Cl)cc12. The van der Waals surface area contributed by atoms with E-state index < -0.39 is 10.2 Å². The van der Waals surface area contributed by atoms with Crippen LogP contribution in [-0.2, 0) is 10.2 Å². The van der Waals surface area contributed by atoms with Crippen LogP contribution in [0.5, 0.6) is 0 Å². The summed E-state index contributed by atoms with van der Waals surface area (Å²) in [4.78, 5) is 2.26. The third-order valence-corrected chi connectivity index (χ3v) is 2.97. The summed E-state index contributed by atoms with van der Waals surface area (Å²) in [7, 11) is -4.69. The zero-order valence-electron chi connectivity index (χ0n) is 6.79. The van der Waals surface area contributed by atoms with Gasteiger partial charge in [-0.05, 0) is 18.2 Å². The molecule has 0 unspecified atom stereocenters. The first kappa shape index (κ1) is 9.48. The fourth-order valence-electron chi connectivity index (χ4n) is 1.27. The number of aromatic nitrogens is 1. The summed E-state index contributed by atoms with van der Waals surface area (Å²) in [5.74, 6) is 0. The summed E-state index contributed by atoms with van der Waals surface area (Å²) in [5, 5.41) is 0.627. The van der Waals surface area contributed by atoms with Crippen LogP contribution in [0.2, 0.25) is 5.02 Å². The minimum Gasteiger partial charge on any atom is -0.360 e. The Morgan fingerprint density at radius 3 is 2.71 bits per heavy atom. The number of H-pyrrole nitrogens is 1. The molecule has 0 aliphatic carbocycles. The molecule has 0 atom stereocenters. The first-order valence-electron chi connectivity index (χ1n) is 3.70. The molecular formula is C8H5ClFNO2S. The molecule has 0 aliphatic rings. The second kappa shape index (κ2) is 2.96. The van der Waals surface area contributed by atoms with E-state index in [-0.39, 0.29) is 10.3 Å². The van der Waals surface area contributed by atoms with Gasteiger partial charge in [0.2, 0.25) is 0 Å². The summed E-state index contributed by atoms with van der Waals surface area (Å²) in [6.07, 6.45) is 1.11. The molecule has 0 spiro atoms. The van der Waals surface area contributed by atoms with E-state index in [1.807, 2.05) is 0 Å². The first-order valence-corrected chi connectivity index (χ1v) is 5.46. The first-order chi connectivity index (χ1) is 6.48. The van der Waals surface area contributed by atoms with Gasteiger partial charge in [0.05, 0.1) is 0 Å². The van der Waals surface area contributed by atoms with Gasteiger partial charge in [-0.2, -0.15) is 8.42 Å². The molecule has 2 rings (SSSR count). The summed E-state index contributed by atoms with van der Waals surface area (Å²) < 4.78 is 34.1. The van der Waals surface area contributed by atoms with Crippen molar-refractivity contribution in [1.82, 2.24) is 4.98 Å². The molecule has 6 heteroatoms. The van der Waals surface area contributed by atoms with Gasteiger partial charge in [0, 0.05) is 22.1 Å². The monoisotopic (exact) mass is 233 g/mol. The van der Waals surface area contributed by atoms with E-state index in [1.54, 1.807) is 12.1 Å². The maximum Gasteiger partial charge on any atom is 0.334 e. The molecule has 0 saturated heterocycles. The predicted molar refractivity (Wildman–Crippen MR) is 51.6 cm³/mol. The van der Waals surface area contributed by atoms with Crippen LogP contribution in [0.15, 0.2) is 29.3 Å². The van der Waals surface area contributed by atoms with E-state index in [0.717, 1.165) is 6.20 Å². The minimum atomic E-state index is -4.69. The van der Waals surface area contributed by atoms with E-state index in [9.17, 15) is 12.3 Å². The molecule has 1 aromatic carbocycles. The molecule has 1 heterocycles. The van der Waals surface area contributed by atoms with Gasteiger partial charge in [0.25, 0.3) is 0 Å². The summed E-state index contributed by atoms with van der Waals surface area (Å²) in [6, 6.07) is 4.58. The molecule has 1 N–H and O–H groups in total. The summed E-state index contributed by atoms with van der Waals surface area (Å²) in [5.41, 5.74) is 0.533. The average Bonchev–Trinajstić information content (AvgIpc) is 2.45. The standard InChI is InChI=1S/C8H5ClFNO2S/c9-5-1-2-7-6(3-5)8(4-11-7)14(10,12)13/h1-4,11H. The topological polar surface area (TPSA) is 49.9 Å². The summed E-state index contributed by atoms with van der Waals surface area (Å²) in [6.45, 7) is 0. The van der Waals surface area contributed by atoms with E-state index in [1.165, 1.54) is 6.07 Å². The molecule has 0 radical (unpaired) electrons. The van der Waals surface area contributed by atoms with Crippen LogP contribution < -0.4 is 0 Å². The van der Waals surface area contributed by atoms with Crippen molar-refractivity contribution in [1.29, 1.82) is 0 Å². The highest BCUT2D eigenvalue weighted by Gasteiger charge is 2.17. The van der Waals surface area contributed by atoms with Crippen molar-refractivity contribution in [2.75, 3.05) is 0 Å². The Kier molecular flexibility index (Phi) is 2.01. The number of halogens is 2. The van der Waals surface area contributed by atoms with Gasteiger partial charge >= 0.3 is 10.2 Å². The van der Waals surface area contributed by atoms with Crippen LogP contribution in [0.25, 0.3) is 10.9 Å². The number of rotatable bonds is 1. The fraction of sp³-hybridized carbons (Fsp3) is 0. The Morgan fingerprint density at radius 1 is 1.36 bits per heavy atom. The van der Waals surface area contributed by atoms with Crippen molar-refractivity contribution in [3.63, 3.8) is 0 Å². The van der Waals surface area contributed by atoms with E-state index in [4.69, 9.17) is 11.6 Å². The highest BCUT2D eigenvalue weighted by atomic mass is 35.5. The Bertz CT molecular complexity index is 590. The van der Waals surface area contributed by atoms with Gasteiger partial charge < -0.3 is 4.98 Å². The van der Waals surface area contributed by atoms with Gasteiger partial charge in [-0.1, -0.05) is 11.6 Å². The van der Waals surface area contributed by atoms with Gasteiger partial charge in [0.1, 0.15) is 4.90 Å². The Hall–Kier alpha value is -1.07. The molecule has 3 nitrogen and oxygen atoms in total. The molecule has 74 valence electrons. The Morgan fingerprint density at radius 2 is 2.07 bits per heavy atom. The number of hydrogen-bond donors (Lipinski definition) is 1. The number of benzene rings is 1. The van der Waals surface area contributed by atoms with Crippen LogP contribution >= 0.6 is 11.6 Å². The normalized spacial score (nSPS) is 12.1. The second-order valence-corrected chi connectivity index (χ2v) is 4.53. The smallest absolute Gasteiger partial charge is 0.334 e. The molecule has 0 fully saturated rings. The van der Waals surface area contributed by atoms with E-state index >= 15 is 0 Å². The van der Waals surface area contributed by atoms with Gasteiger partial charge in [-0.3, -0.25) is 0 Å². The lowest BCUT2D eigenvalue weighted by Crippen LogP contribution is -1.89. The minimum absolute atomic E-state index is 0.264. The third-order valence-electron chi connectivity index (χ3n) is 1.87. The van der Waals surface area contributed by atoms with E-state index in [2.05, 4.69) is 4.98 Å². The number of hydrogen-bond acceptors (Lipinski definition) is 2. The molecule has 0 saturated carbocycles. The highest BCUT2D eigenvalue weighted by Crippen LogP contribution is 2.26. The Labute approximate surface area is 84.7 Å². The maximum atomic E-state index is 12.7. The lowest BCUT2D eigenvalue weighted by Gasteiger charge is -1.93. The zero-order valence-corrected chi connectivity index (χ0v) is 8.36. The molecule has 0 aliphatic heterocycles. The van der Waals surface area contributed by atoms with Crippen molar-refractivity contribution in [2.24, 2.45) is 0 Å². The molecule has 0 bridgehead atoms. The number of nitrogens with one attached hydrogen (secondary N) is 1. The summed E-state index contributed by atoms with van der Waals surface area (Å²) >= 11 is 5.67. The largest absolute Gasteiger partial charge is 0.360 e. The van der Waals surface area contributed by atoms with Crippen LogP contribution in [0, 0.1) is 0 Å². The van der Waals surface area contributed by atoms with Crippen molar-refractivity contribution >= 4 is 32.7 Å². The van der Waals surface area contributed by atoms with Gasteiger partial charge in [0.15, 0.2) is 0 Å². The lowest BCUT2D eigenvalue weighted by molar-refractivity contribution is 0.553. The van der Waals surface area contributed by atoms with Gasteiger partial charge in [-0.15, -0.1) is 3.89 Å². The molecule has 0 amide bonds. The van der Waals surface area contributed by atoms with Crippen LogP contribution in [0.3, 0.4) is 0 Å². The highest BCUT2D eigenvalue weighted by molar-refractivity contribution is 7.86. The van der Waals surface area contributed by atoms with Crippen LogP contribution in [0.4, 0.5) is 3.89 Å². The molecule has 14 heavy (non-hydrogen) atoms. The molecular weight excluding hydrogens is 229 g/mol. The van der Waals surface area contributed by atoms with Crippen molar-refractivity contribution in [3.05, 3.63) is 29.4 Å². The zero-order chi connectivity index (χ0) is 10.3. The molecule has 2 aromatic rings. The molecule has 1 aromatic heterocycles. The van der Waals surface area contributed by atoms with E-state index in [0.29, 0.717) is 10.5 Å². The second-order valence-electron chi connectivity index (χ2n) is 2.78. The van der Waals surface area contributed by atoms with Crippen molar-refractivity contribution < 1.29 is 12.3 Å². The number of aromatic amines is 1. The van der Waals surface area contributed by atoms with Crippen molar-refractivity contribution in [3.8, 4) is 0 Å². The quantitative estimate of drug-likeness (QED) is 0.770. The Balaban J connectivity index is 2.87. The fourth-order valence-corrected chi connectivity index (χ4v) is 2.07. The van der Waals surface area contributed by atoms with Crippen LogP contribution in [-0.4, -0.2) is 13.4 Å². The predicted octanol–water partition coefficient (Wildman–Crippen LogP) is 2.48. The average molecular weight is 234 g/mol. The lowest BCUT2D eigenvalue weighted by atomic mass is 10.2. The van der Waals surface area contributed by atoms with Gasteiger partial charge in [-0.25, -0.2) is 0 Å².